The molecule has 1 saturated heterocycles. The summed E-state index contributed by atoms with van der Waals surface area (Å²) in [4.78, 5) is 13.1. The van der Waals surface area contributed by atoms with Crippen molar-refractivity contribution < 1.29 is 9.18 Å². The summed E-state index contributed by atoms with van der Waals surface area (Å²) in [5.41, 5.74) is 6.42. The van der Waals surface area contributed by atoms with Gasteiger partial charge in [0.1, 0.15) is 5.82 Å². The Kier molecular flexibility index (Phi) is 3.12. The number of nitrogens with zero attached hydrogens (tertiary/aromatic N) is 1. The first kappa shape index (κ1) is 11.4. The first-order valence-corrected chi connectivity index (χ1v) is 5.41. The van der Waals surface area contributed by atoms with Crippen LogP contribution in [-0.4, -0.2) is 23.4 Å². The third-order valence-electron chi connectivity index (χ3n) is 2.62. The Balaban J connectivity index is 2.12. The van der Waals surface area contributed by atoms with E-state index in [4.69, 9.17) is 17.3 Å². The Bertz CT molecular complexity index is 424. The molecule has 1 heterocycles. The number of benzene rings is 1. The van der Waals surface area contributed by atoms with Crippen molar-refractivity contribution in [1.29, 1.82) is 0 Å². The second kappa shape index (κ2) is 4.39. The molecule has 5 heteroatoms. The Morgan fingerprint density at radius 3 is 2.88 bits per heavy atom. The Morgan fingerprint density at radius 1 is 1.56 bits per heavy atom. The van der Waals surface area contributed by atoms with Crippen LogP contribution in [0.4, 0.5) is 4.39 Å². The van der Waals surface area contributed by atoms with E-state index in [9.17, 15) is 9.18 Å². The summed E-state index contributed by atoms with van der Waals surface area (Å²) in [6.07, 6.45) is 0.374. The lowest BCUT2D eigenvalue weighted by atomic mass is 10.2. The highest BCUT2D eigenvalue weighted by Crippen LogP contribution is 2.21. The minimum absolute atomic E-state index is 0.0212. The molecule has 1 fully saturated rings. The maximum atomic E-state index is 12.8. The normalized spacial score (nSPS) is 20.6. The Morgan fingerprint density at radius 2 is 2.31 bits per heavy atom. The van der Waals surface area contributed by atoms with Crippen LogP contribution >= 0.6 is 11.6 Å². The summed E-state index contributed by atoms with van der Waals surface area (Å²) in [6.45, 7) is 0.929. The van der Waals surface area contributed by atoms with Gasteiger partial charge in [-0.15, -0.1) is 0 Å². The average molecular weight is 243 g/mol. The molecule has 0 spiro atoms. The Hall–Kier alpha value is -1.13. The molecule has 0 saturated carbocycles. The highest BCUT2D eigenvalue weighted by Gasteiger charge is 2.27. The van der Waals surface area contributed by atoms with Gasteiger partial charge in [0.15, 0.2) is 0 Å². The van der Waals surface area contributed by atoms with Crippen LogP contribution in [0.3, 0.4) is 0 Å². The van der Waals surface area contributed by atoms with Gasteiger partial charge in [0.2, 0.25) is 5.91 Å². The van der Waals surface area contributed by atoms with Crippen LogP contribution in [0.25, 0.3) is 0 Å². The number of nitrogens with two attached hydrogens (primary N) is 1. The zero-order valence-electron chi connectivity index (χ0n) is 8.62. The first-order chi connectivity index (χ1) is 7.56. The van der Waals surface area contributed by atoms with Crippen molar-refractivity contribution in [2.75, 3.05) is 6.54 Å². The van der Waals surface area contributed by atoms with E-state index in [2.05, 4.69) is 0 Å². The lowest BCUT2D eigenvalue weighted by Gasteiger charge is -2.16. The molecular formula is C11H12ClFN2O. The van der Waals surface area contributed by atoms with Gasteiger partial charge in [-0.25, -0.2) is 4.39 Å². The third-order valence-corrected chi connectivity index (χ3v) is 2.97. The lowest BCUT2D eigenvalue weighted by molar-refractivity contribution is -0.128. The van der Waals surface area contributed by atoms with E-state index in [0.717, 1.165) is 5.56 Å². The topological polar surface area (TPSA) is 46.3 Å². The molecule has 0 aliphatic carbocycles. The smallest absolute Gasteiger partial charge is 0.224 e. The van der Waals surface area contributed by atoms with E-state index < -0.39 is 0 Å². The number of hydrogen-bond donors (Lipinski definition) is 1. The fraction of sp³-hybridized carbons (Fsp3) is 0.364. The van der Waals surface area contributed by atoms with E-state index in [-0.39, 0.29) is 17.8 Å². The van der Waals surface area contributed by atoms with Crippen molar-refractivity contribution in [2.24, 2.45) is 5.73 Å². The van der Waals surface area contributed by atoms with Gasteiger partial charge >= 0.3 is 0 Å². The summed E-state index contributed by atoms with van der Waals surface area (Å²) in [7, 11) is 0. The van der Waals surface area contributed by atoms with Crippen molar-refractivity contribution in [1.82, 2.24) is 4.90 Å². The van der Waals surface area contributed by atoms with Gasteiger partial charge in [-0.3, -0.25) is 4.79 Å². The van der Waals surface area contributed by atoms with Crippen LogP contribution in [0.15, 0.2) is 18.2 Å². The van der Waals surface area contributed by atoms with Crippen molar-refractivity contribution >= 4 is 17.5 Å². The molecule has 1 aromatic rings. The number of hydrogen-bond acceptors (Lipinski definition) is 2. The van der Waals surface area contributed by atoms with E-state index in [1.807, 2.05) is 0 Å². The lowest BCUT2D eigenvalue weighted by Crippen LogP contribution is -2.27. The Labute approximate surface area is 98.0 Å². The fourth-order valence-corrected chi connectivity index (χ4v) is 2.04. The molecule has 1 aromatic carbocycles. The molecule has 86 valence electrons. The molecular weight excluding hydrogens is 231 g/mol. The zero-order valence-corrected chi connectivity index (χ0v) is 9.38. The molecule has 0 radical (unpaired) electrons. The molecule has 2 N–H and O–H groups in total. The molecule has 1 atom stereocenters. The third kappa shape index (κ3) is 2.33. The number of likely N-dealkylation sites (tertiary alicyclic amines) is 1. The highest BCUT2D eigenvalue weighted by atomic mass is 35.5. The molecule has 1 aliphatic rings. The fourth-order valence-electron chi connectivity index (χ4n) is 1.81. The van der Waals surface area contributed by atoms with Crippen molar-refractivity contribution in [2.45, 2.75) is 19.0 Å². The van der Waals surface area contributed by atoms with Crippen LogP contribution in [0.2, 0.25) is 5.02 Å². The maximum Gasteiger partial charge on any atom is 0.224 e. The van der Waals surface area contributed by atoms with Crippen LogP contribution in [0, 0.1) is 5.82 Å². The second-order valence-corrected chi connectivity index (χ2v) is 4.38. The largest absolute Gasteiger partial charge is 0.337 e. The second-order valence-electron chi connectivity index (χ2n) is 3.97. The van der Waals surface area contributed by atoms with Crippen LogP contribution in [0.5, 0.6) is 0 Å². The molecule has 0 aromatic heterocycles. The van der Waals surface area contributed by atoms with Gasteiger partial charge < -0.3 is 10.6 Å². The predicted molar refractivity (Wildman–Crippen MR) is 59.4 cm³/mol. The average Bonchev–Trinajstić information content (AvgIpc) is 2.50. The van der Waals surface area contributed by atoms with Crippen LogP contribution < -0.4 is 5.73 Å². The minimum Gasteiger partial charge on any atom is -0.337 e. The maximum absolute atomic E-state index is 12.8. The molecule has 16 heavy (non-hydrogen) atoms. The predicted octanol–water partition coefficient (Wildman–Crippen LogP) is 1.54. The first-order valence-electron chi connectivity index (χ1n) is 5.03. The van der Waals surface area contributed by atoms with E-state index in [1.165, 1.54) is 12.1 Å². The number of rotatable bonds is 2. The van der Waals surface area contributed by atoms with Crippen LogP contribution in [0.1, 0.15) is 12.0 Å². The monoisotopic (exact) mass is 242 g/mol. The minimum atomic E-state index is -0.377. The number of amides is 1. The van der Waals surface area contributed by atoms with Crippen molar-refractivity contribution in [3.05, 3.63) is 34.6 Å². The molecule has 1 unspecified atom stereocenters. The summed E-state index contributed by atoms with van der Waals surface area (Å²) in [6, 6.07) is 4.07. The molecule has 0 bridgehead atoms. The van der Waals surface area contributed by atoms with E-state index >= 15 is 0 Å². The standard InChI is InChI=1S/C11H12ClFN2O/c12-10-3-8(13)2-1-7(10)5-15-6-9(14)4-11(15)16/h1-3,9H,4-6,14H2. The molecule has 2 rings (SSSR count). The number of carbonyl (C=O) groups excluding carboxylic acids is 1. The van der Waals surface area contributed by atoms with Crippen LogP contribution in [-0.2, 0) is 11.3 Å². The van der Waals surface area contributed by atoms with Gasteiger partial charge in [-0.2, -0.15) is 0 Å². The van der Waals surface area contributed by atoms with Gasteiger partial charge in [0.05, 0.1) is 0 Å². The van der Waals surface area contributed by atoms with Gasteiger partial charge in [-0.05, 0) is 17.7 Å². The molecule has 3 nitrogen and oxygen atoms in total. The highest BCUT2D eigenvalue weighted by molar-refractivity contribution is 6.31. The molecule has 1 aliphatic heterocycles. The van der Waals surface area contributed by atoms with E-state index in [1.54, 1.807) is 11.0 Å². The van der Waals surface area contributed by atoms with Crippen molar-refractivity contribution in [3.8, 4) is 0 Å². The zero-order chi connectivity index (χ0) is 11.7. The quantitative estimate of drug-likeness (QED) is 0.855. The summed E-state index contributed by atoms with van der Waals surface area (Å²) >= 11 is 5.88. The van der Waals surface area contributed by atoms with Gasteiger partial charge in [0.25, 0.3) is 0 Å². The van der Waals surface area contributed by atoms with Gasteiger partial charge in [0, 0.05) is 30.6 Å². The number of carbonyl (C=O) groups is 1. The number of halogens is 2. The summed E-state index contributed by atoms with van der Waals surface area (Å²) < 4.78 is 12.8. The summed E-state index contributed by atoms with van der Waals surface area (Å²) in [5.74, 6) is -0.355. The SMILES string of the molecule is NC1CC(=O)N(Cc2ccc(F)cc2Cl)C1. The van der Waals surface area contributed by atoms with Gasteiger partial charge in [-0.1, -0.05) is 17.7 Å². The van der Waals surface area contributed by atoms with E-state index in [0.29, 0.717) is 24.5 Å². The summed E-state index contributed by atoms with van der Waals surface area (Å²) in [5, 5.41) is 0.341. The molecule has 1 amide bonds. The van der Waals surface area contributed by atoms with Crippen molar-refractivity contribution in [3.63, 3.8) is 0 Å².